The predicted octanol–water partition coefficient (Wildman–Crippen LogP) is 2.34. The van der Waals surface area contributed by atoms with Crippen LogP contribution in [0.1, 0.15) is 18.2 Å². The molecule has 4 heteroatoms. The number of nitrogens with zero attached hydrogens (tertiary/aromatic N) is 2. The van der Waals surface area contributed by atoms with Crippen LogP contribution < -0.4 is 5.32 Å². The molecule has 1 aromatic carbocycles. The average Bonchev–Trinajstić information content (AvgIpc) is 2.38. The van der Waals surface area contributed by atoms with Gasteiger partial charge in [-0.05, 0) is 37.1 Å². The number of rotatable bonds is 5. The molecule has 1 aromatic heterocycles. The second-order valence-electron chi connectivity index (χ2n) is 4.32. The van der Waals surface area contributed by atoms with Crippen molar-refractivity contribution >= 4 is 0 Å². The van der Waals surface area contributed by atoms with E-state index >= 15 is 0 Å². The lowest BCUT2D eigenvalue weighted by Gasteiger charge is -2.13. The van der Waals surface area contributed by atoms with E-state index in [0.29, 0.717) is 6.54 Å². The normalized spacial score (nSPS) is 12.3. The van der Waals surface area contributed by atoms with Crippen LogP contribution in [0.2, 0.25) is 0 Å². The van der Waals surface area contributed by atoms with Gasteiger partial charge in [-0.25, -0.2) is 14.4 Å². The Labute approximate surface area is 106 Å². The molecule has 0 saturated carbocycles. The Kier molecular flexibility index (Phi) is 4.36. The lowest BCUT2D eigenvalue weighted by Crippen LogP contribution is -2.27. The van der Waals surface area contributed by atoms with Crippen molar-refractivity contribution in [2.45, 2.75) is 25.9 Å². The first-order valence-electron chi connectivity index (χ1n) is 5.97. The van der Waals surface area contributed by atoms with Gasteiger partial charge in [0.2, 0.25) is 0 Å². The van der Waals surface area contributed by atoms with Crippen LogP contribution in [-0.2, 0) is 13.0 Å². The summed E-state index contributed by atoms with van der Waals surface area (Å²) in [5.41, 5.74) is 1.95. The van der Waals surface area contributed by atoms with E-state index in [2.05, 4.69) is 22.2 Å². The molecule has 0 fully saturated rings. The van der Waals surface area contributed by atoms with Gasteiger partial charge in [-0.2, -0.15) is 0 Å². The Balaban J connectivity index is 1.84. The number of nitrogens with one attached hydrogen (secondary N) is 1. The fraction of sp³-hybridized carbons (Fsp3) is 0.286. The quantitative estimate of drug-likeness (QED) is 0.878. The fourth-order valence-electron chi connectivity index (χ4n) is 1.79. The van der Waals surface area contributed by atoms with Crippen molar-refractivity contribution in [3.8, 4) is 0 Å². The van der Waals surface area contributed by atoms with Gasteiger partial charge in [0.1, 0.15) is 12.1 Å². The number of hydrogen-bond donors (Lipinski definition) is 1. The molecule has 18 heavy (non-hydrogen) atoms. The van der Waals surface area contributed by atoms with Gasteiger partial charge in [0.15, 0.2) is 0 Å². The highest BCUT2D eigenvalue weighted by atomic mass is 19.1. The summed E-state index contributed by atoms with van der Waals surface area (Å²) in [4.78, 5) is 8.01. The first-order chi connectivity index (χ1) is 8.74. The highest BCUT2D eigenvalue weighted by molar-refractivity contribution is 5.17. The summed E-state index contributed by atoms with van der Waals surface area (Å²) < 4.78 is 13.0. The number of hydrogen-bond acceptors (Lipinski definition) is 3. The van der Waals surface area contributed by atoms with E-state index < -0.39 is 0 Å². The molecule has 0 bridgehead atoms. The summed E-state index contributed by atoms with van der Waals surface area (Å²) in [7, 11) is 0. The minimum Gasteiger partial charge on any atom is -0.308 e. The van der Waals surface area contributed by atoms with Gasteiger partial charge in [0, 0.05) is 18.8 Å². The second-order valence-corrected chi connectivity index (χ2v) is 4.32. The maximum Gasteiger partial charge on any atom is 0.123 e. The van der Waals surface area contributed by atoms with Crippen molar-refractivity contribution in [1.29, 1.82) is 0 Å². The molecule has 0 saturated heterocycles. The number of benzene rings is 1. The molecule has 94 valence electrons. The monoisotopic (exact) mass is 245 g/mol. The van der Waals surface area contributed by atoms with E-state index in [1.165, 1.54) is 12.4 Å². The lowest BCUT2D eigenvalue weighted by molar-refractivity contribution is 0.537. The van der Waals surface area contributed by atoms with Gasteiger partial charge < -0.3 is 5.32 Å². The summed E-state index contributed by atoms with van der Waals surface area (Å²) in [6, 6.07) is 8.85. The van der Waals surface area contributed by atoms with Gasteiger partial charge in [-0.1, -0.05) is 12.1 Å². The van der Waals surface area contributed by atoms with Crippen molar-refractivity contribution in [3.05, 3.63) is 59.9 Å². The smallest absolute Gasteiger partial charge is 0.123 e. The first-order valence-corrected chi connectivity index (χ1v) is 5.97. The third-order valence-corrected chi connectivity index (χ3v) is 2.71. The minimum atomic E-state index is -0.185. The average molecular weight is 245 g/mol. The number of halogens is 1. The van der Waals surface area contributed by atoms with E-state index in [4.69, 9.17) is 0 Å². The van der Waals surface area contributed by atoms with E-state index in [1.54, 1.807) is 18.3 Å². The Bertz CT molecular complexity index is 487. The van der Waals surface area contributed by atoms with Crippen LogP contribution >= 0.6 is 0 Å². The highest BCUT2D eigenvalue weighted by Crippen LogP contribution is 2.06. The maximum atomic E-state index is 13.0. The Morgan fingerprint density at radius 2 is 2.22 bits per heavy atom. The Morgan fingerprint density at radius 3 is 2.94 bits per heavy atom. The van der Waals surface area contributed by atoms with Crippen LogP contribution in [0.4, 0.5) is 4.39 Å². The molecule has 2 rings (SSSR count). The van der Waals surface area contributed by atoms with Crippen LogP contribution in [0.25, 0.3) is 0 Å². The van der Waals surface area contributed by atoms with Crippen LogP contribution in [-0.4, -0.2) is 16.0 Å². The fourth-order valence-corrected chi connectivity index (χ4v) is 1.79. The second kappa shape index (κ2) is 6.21. The molecule has 2 aromatic rings. The molecule has 1 heterocycles. The van der Waals surface area contributed by atoms with Crippen molar-refractivity contribution < 1.29 is 4.39 Å². The molecule has 0 radical (unpaired) electrons. The van der Waals surface area contributed by atoms with E-state index in [9.17, 15) is 4.39 Å². The van der Waals surface area contributed by atoms with Crippen molar-refractivity contribution in [2.75, 3.05) is 0 Å². The zero-order valence-corrected chi connectivity index (χ0v) is 10.3. The molecule has 0 amide bonds. The minimum absolute atomic E-state index is 0.185. The van der Waals surface area contributed by atoms with Gasteiger partial charge in [-0.15, -0.1) is 0 Å². The topological polar surface area (TPSA) is 37.8 Å². The van der Waals surface area contributed by atoms with Crippen LogP contribution in [0.3, 0.4) is 0 Å². The van der Waals surface area contributed by atoms with E-state index in [-0.39, 0.29) is 11.9 Å². The molecule has 3 nitrogen and oxygen atoms in total. The third-order valence-electron chi connectivity index (χ3n) is 2.71. The van der Waals surface area contributed by atoms with Crippen molar-refractivity contribution in [1.82, 2.24) is 15.3 Å². The molecule has 1 unspecified atom stereocenters. The molecular formula is C14H16FN3. The SMILES string of the molecule is CC(Cc1cccc(F)c1)NCc1ccncn1. The van der Waals surface area contributed by atoms with E-state index in [0.717, 1.165) is 17.7 Å². The maximum absolute atomic E-state index is 13.0. The zero-order valence-electron chi connectivity index (χ0n) is 10.3. The number of aromatic nitrogens is 2. The van der Waals surface area contributed by atoms with Crippen LogP contribution in [0.5, 0.6) is 0 Å². The van der Waals surface area contributed by atoms with Crippen LogP contribution in [0, 0.1) is 5.82 Å². The summed E-state index contributed by atoms with van der Waals surface area (Å²) in [6.45, 7) is 2.77. The van der Waals surface area contributed by atoms with E-state index in [1.807, 2.05) is 12.1 Å². The zero-order chi connectivity index (χ0) is 12.8. The third kappa shape index (κ3) is 3.89. The predicted molar refractivity (Wildman–Crippen MR) is 68.4 cm³/mol. The van der Waals surface area contributed by atoms with Gasteiger partial charge >= 0.3 is 0 Å². The summed E-state index contributed by atoms with van der Waals surface area (Å²) in [6.07, 6.45) is 4.05. The van der Waals surface area contributed by atoms with Gasteiger partial charge in [0.25, 0.3) is 0 Å². The molecule has 0 aliphatic rings. The van der Waals surface area contributed by atoms with Crippen molar-refractivity contribution in [3.63, 3.8) is 0 Å². The summed E-state index contributed by atoms with van der Waals surface area (Å²) in [5, 5.41) is 3.35. The molecule has 1 N–H and O–H groups in total. The van der Waals surface area contributed by atoms with Gasteiger partial charge in [0.05, 0.1) is 5.69 Å². The molecule has 0 spiro atoms. The Hall–Kier alpha value is -1.81. The summed E-state index contributed by atoms with van der Waals surface area (Å²) >= 11 is 0. The highest BCUT2D eigenvalue weighted by Gasteiger charge is 2.04. The molecule has 1 atom stereocenters. The Morgan fingerprint density at radius 1 is 1.33 bits per heavy atom. The largest absolute Gasteiger partial charge is 0.308 e. The van der Waals surface area contributed by atoms with Gasteiger partial charge in [-0.3, -0.25) is 0 Å². The first kappa shape index (κ1) is 12.6. The van der Waals surface area contributed by atoms with Crippen molar-refractivity contribution in [2.24, 2.45) is 0 Å². The standard InChI is InChI=1S/C14H16FN3/c1-11(7-12-3-2-4-13(15)8-12)17-9-14-5-6-16-10-18-14/h2-6,8,10-11,17H,7,9H2,1H3. The molecular weight excluding hydrogens is 229 g/mol. The summed E-state index contributed by atoms with van der Waals surface area (Å²) in [5.74, 6) is -0.185. The molecule has 0 aliphatic heterocycles. The van der Waals surface area contributed by atoms with Crippen LogP contribution in [0.15, 0.2) is 42.9 Å². The lowest BCUT2D eigenvalue weighted by atomic mass is 10.1. The molecule has 0 aliphatic carbocycles.